The zero-order valence-corrected chi connectivity index (χ0v) is 15.2. The number of imidazole rings is 1. The minimum atomic E-state index is -0.496. The number of H-pyrrole nitrogens is 2. The van der Waals surface area contributed by atoms with Crippen LogP contribution >= 0.6 is 0 Å². The molecular formula is C18H17N9O2. The van der Waals surface area contributed by atoms with Gasteiger partial charge in [-0.1, -0.05) is 0 Å². The molecule has 5 rings (SSSR count). The molecule has 0 aliphatic heterocycles. The molecule has 1 aliphatic carbocycles. The lowest BCUT2D eigenvalue weighted by molar-refractivity contribution is 0.454. The number of pyridine rings is 1. The van der Waals surface area contributed by atoms with Crippen LogP contribution in [0.25, 0.3) is 11.7 Å². The molecule has 4 aromatic heterocycles. The predicted molar refractivity (Wildman–Crippen MR) is 103 cm³/mol. The van der Waals surface area contributed by atoms with E-state index in [-0.39, 0.29) is 17.6 Å². The standard InChI is InChI=1S/C18H17N9O2/c28-15-13(23-18(29)25-15)7-11-9-21-27-14(11)24-16(26-17(27)22-12-1-2-12)20-8-10-3-5-19-6-4-10/h3-7,9,12,28H,1-2,8H2,(H,20,22,26)(H2,23,25,29)/b11-7+. The highest BCUT2D eigenvalue weighted by atomic mass is 16.3. The van der Waals surface area contributed by atoms with E-state index in [1.165, 1.54) is 0 Å². The first-order chi connectivity index (χ1) is 14.2. The third kappa shape index (κ3) is 3.57. The number of fused-ring (bicyclic) bond motifs is 1. The zero-order valence-electron chi connectivity index (χ0n) is 15.2. The van der Waals surface area contributed by atoms with Crippen LogP contribution in [0.4, 0.5) is 5.95 Å². The van der Waals surface area contributed by atoms with Crippen LogP contribution in [0.1, 0.15) is 24.1 Å². The van der Waals surface area contributed by atoms with Crippen LogP contribution in [-0.4, -0.2) is 45.7 Å². The summed E-state index contributed by atoms with van der Waals surface area (Å²) in [6.07, 6.45) is 8.70. The van der Waals surface area contributed by atoms with Gasteiger partial charge in [0.05, 0.1) is 12.2 Å². The molecule has 0 radical (unpaired) electrons. The third-order valence-electron chi connectivity index (χ3n) is 4.46. The summed E-state index contributed by atoms with van der Waals surface area (Å²) in [5.74, 6) is 0.165. The van der Waals surface area contributed by atoms with Crippen LogP contribution in [0.5, 0.6) is 5.88 Å². The van der Waals surface area contributed by atoms with Gasteiger partial charge in [-0.05, 0) is 36.6 Å². The van der Waals surface area contributed by atoms with E-state index in [0.717, 1.165) is 18.4 Å². The van der Waals surface area contributed by atoms with Crippen LogP contribution in [0.2, 0.25) is 0 Å². The number of aromatic nitrogens is 7. The number of anilines is 1. The van der Waals surface area contributed by atoms with Crippen molar-refractivity contribution in [3.05, 3.63) is 63.3 Å². The number of hydrogen-bond acceptors (Lipinski definition) is 8. The number of aromatic hydroxyl groups is 1. The van der Waals surface area contributed by atoms with Gasteiger partial charge in [-0.3, -0.25) is 9.97 Å². The van der Waals surface area contributed by atoms with E-state index in [2.05, 4.69) is 40.3 Å². The van der Waals surface area contributed by atoms with Crippen molar-refractivity contribution in [1.82, 2.24) is 34.5 Å². The summed E-state index contributed by atoms with van der Waals surface area (Å²) < 4.78 is 1.56. The lowest BCUT2D eigenvalue weighted by Crippen LogP contribution is -2.24. The highest BCUT2D eigenvalue weighted by Crippen LogP contribution is 2.22. The topological polar surface area (TPSA) is 149 Å². The summed E-state index contributed by atoms with van der Waals surface area (Å²) in [6, 6.07) is 4.07. The van der Waals surface area contributed by atoms with Gasteiger partial charge in [-0.2, -0.15) is 19.6 Å². The van der Waals surface area contributed by atoms with Crippen molar-refractivity contribution in [3.8, 4) is 5.88 Å². The van der Waals surface area contributed by atoms with Crippen molar-refractivity contribution in [2.75, 3.05) is 5.32 Å². The van der Waals surface area contributed by atoms with Crippen LogP contribution in [-0.2, 0) is 6.54 Å². The Kier molecular flexibility index (Phi) is 4.04. The second-order valence-electron chi connectivity index (χ2n) is 6.74. The van der Waals surface area contributed by atoms with Crippen molar-refractivity contribution in [2.45, 2.75) is 25.4 Å². The van der Waals surface area contributed by atoms with Crippen molar-refractivity contribution in [1.29, 1.82) is 0 Å². The smallest absolute Gasteiger partial charge is 0.326 e. The van der Waals surface area contributed by atoms with Crippen molar-refractivity contribution < 1.29 is 5.11 Å². The number of hydrogen-bond donors (Lipinski definition) is 4. The van der Waals surface area contributed by atoms with Gasteiger partial charge in [0.2, 0.25) is 11.8 Å². The van der Waals surface area contributed by atoms with Gasteiger partial charge >= 0.3 is 5.69 Å². The number of nitrogens with zero attached hydrogens (tertiary/aromatic N) is 6. The summed E-state index contributed by atoms with van der Waals surface area (Å²) in [5.41, 5.74) is 1.76. The normalized spacial score (nSPS) is 15.3. The third-order valence-corrected chi connectivity index (χ3v) is 4.46. The second-order valence-corrected chi connectivity index (χ2v) is 6.74. The molecule has 0 bridgehead atoms. The summed E-state index contributed by atoms with van der Waals surface area (Å²) in [7, 11) is 0. The summed E-state index contributed by atoms with van der Waals surface area (Å²) in [5, 5.41) is 18.0. The Morgan fingerprint density at radius 2 is 2.10 bits per heavy atom. The molecule has 0 unspecified atom stereocenters. The van der Waals surface area contributed by atoms with E-state index in [9.17, 15) is 9.90 Å². The predicted octanol–water partition coefficient (Wildman–Crippen LogP) is -0.536. The molecule has 0 aromatic carbocycles. The average molecular weight is 391 g/mol. The molecule has 0 amide bonds. The van der Waals surface area contributed by atoms with Gasteiger partial charge < -0.3 is 15.4 Å². The van der Waals surface area contributed by atoms with Gasteiger partial charge in [0.15, 0.2) is 5.65 Å². The SMILES string of the molecule is O=c1[nH]c(O)c(/C=c2\cnn3c(=NC4CC4)nc(NCc4ccncc4)nc23)[nH]1. The number of nitrogens with one attached hydrogen (secondary N) is 3. The van der Waals surface area contributed by atoms with E-state index in [1.807, 2.05) is 12.1 Å². The number of aromatic amines is 2. The van der Waals surface area contributed by atoms with E-state index < -0.39 is 5.69 Å². The van der Waals surface area contributed by atoms with E-state index >= 15 is 0 Å². The Morgan fingerprint density at radius 3 is 2.83 bits per heavy atom. The van der Waals surface area contributed by atoms with Crippen LogP contribution in [0, 0.1) is 0 Å². The first-order valence-electron chi connectivity index (χ1n) is 9.11. The van der Waals surface area contributed by atoms with Crippen molar-refractivity contribution in [3.63, 3.8) is 0 Å². The summed E-state index contributed by atoms with van der Waals surface area (Å²) >= 11 is 0. The molecule has 4 N–H and O–H groups in total. The molecule has 11 nitrogen and oxygen atoms in total. The Morgan fingerprint density at radius 1 is 1.28 bits per heavy atom. The molecule has 0 spiro atoms. The zero-order chi connectivity index (χ0) is 19.8. The molecule has 29 heavy (non-hydrogen) atoms. The Labute approximate surface area is 162 Å². The molecule has 1 fully saturated rings. The Balaban J connectivity index is 1.61. The van der Waals surface area contributed by atoms with Gasteiger partial charge in [0.1, 0.15) is 5.69 Å². The van der Waals surface area contributed by atoms with Gasteiger partial charge in [-0.25, -0.2) is 9.79 Å². The maximum Gasteiger partial charge on any atom is 0.326 e. The molecule has 1 aliphatic rings. The maximum absolute atomic E-state index is 11.4. The lowest BCUT2D eigenvalue weighted by Gasteiger charge is -2.05. The fourth-order valence-electron chi connectivity index (χ4n) is 2.84. The molecule has 4 aromatic rings. The highest BCUT2D eigenvalue weighted by Gasteiger charge is 2.21. The molecule has 4 heterocycles. The first-order valence-corrected chi connectivity index (χ1v) is 9.11. The van der Waals surface area contributed by atoms with E-state index in [0.29, 0.717) is 29.0 Å². The van der Waals surface area contributed by atoms with Crippen LogP contribution in [0.3, 0.4) is 0 Å². The average Bonchev–Trinajstić information content (AvgIpc) is 3.36. The minimum Gasteiger partial charge on any atom is -0.493 e. The number of rotatable bonds is 5. The van der Waals surface area contributed by atoms with E-state index in [1.54, 1.807) is 29.2 Å². The van der Waals surface area contributed by atoms with Crippen LogP contribution < -0.4 is 21.8 Å². The highest BCUT2D eigenvalue weighted by molar-refractivity contribution is 5.57. The molecule has 1 saturated carbocycles. The van der Waals surface area contributed by atoms with Crippen molar-refractivity contribution in [2.24, 2.45) is 4.99 Å². The van der Waals surface area contributed by atoms with Gasteiger partial charge in [0, 0.05) is 24.2 Å². The van der Waals surface area contributed by atoms with Gasteiger partial charge in [0.25, 0.3) is 5.62 Å². The monoisotopic (exact) mass is 391 g/mol. The Hall–Kier alpha value is -4.02. The fourth-order valence-corrected chi connectivity index (χ4v) is 2.84. The van der Waals surface area contributed by atoms with E-state index in [4.69, 9.17) is 0 Å². The second kappa shape index (κ2) is 6.86. The Bertz CT molecular complexity index is 1350. The largest absolute Gasteiger partial charge is 0.493 e. The van der Waals surface area contributed by atoms with Gasteiger partial charge in [-0.15, -0.1) is 0 Å². The summed E-state index contributed by atoms with van der Waals surface area (Å²) in [6.45, 7) is 0.528. The molecule has 0 saturated heterocycles. The molecule has 0 atom stereocenters. The molecular weight excluding hydrogens is 374 g/mol. The molecule has 146 valence electrons. The summed E-state index contributed by atoms with van der Waals surface area (Å²) in [4.78, 5) is 33.9. The van der Waals surface area contributed by atoms with Crippen molar-refractivity contribution >= 4 is 17.7 Å². The lowest BCUT2D eigenvalue weighted by atomic mass is 10.3. The first kappa shape index (κ1) is 17.1. The molecule has 11 heteroatoms. The fraction of sp³-hybridized carbons (Fsp3) is 0.222. The van der Waals surface area contributed by atoms with Crippen LogP contribution in [0.15, 0.2) is 40.5 Å². The quantitative estimate of drug-likeness (QED) is 0.357. The minimum absolute atomic E-state index is 0.246. The maximum atomic E-state index is 11.4.